The summed E-state index contributed by atoms with van der Waals surface area (Å²) in [6.07, 6.45) is 0. The molecule has 1 heterocycles. The van der Waals surface area contributed by atoms with Gasteiger partial charge >= 0.3 is 0 Å². The average molecular weight is 280 g/mol. The molecule has 1 N–H and O–H groups in total. The first-order valence-electron chi connectivity index (χ1n) is 6.02. The summed E-state index contributed by atoms with van der Waals surface area (Å²) < 4.78 is 0. The third-order valence-corrected chi connectivity index (χ3v) is 5.12. The van der Waals surface area contributed by atoms with Gasteiger partial charge in [0.1, 0.15) is 0 Å². The summed E-state index contributed by atoms with van der Waals surface area (Å²) in [6, 6.07) is 6.76. The minimum absolute atomic E-state index is 0.176. The van der Waals surface area contributed by atoms with Gasteiger partial charge in [-0.1, -0.05) is 29.8 Å². The van der Waals surface area contributed by atoms with Crippen LogP contribution in [-0.4, -0.2) is 7.05 Å². The lowest BCUT2D eigenvalue weighted by atomic mass is 10.00. The summed E-state index contributed by atoms with van der Waals surface area (Å²) in [7, 11) is 1.98. The summed E-state index contributed by atoms with van der Waals surface area (Å²) in [5.41, 5.74) is 5.06. The Balaban J connectivity index is 2.45. The van der Waals surface area contributed by atoms with Crippen LogP contribution < -0.4 is 5.32 Å². The summed E-state index contributed by atoms with van der Waals surface area (Å²) in [5.74, 6) is 0. The zero-order valence-electron chi connectivity index (χ0n) is 11.2. The van der Waals surface area contributed by atoms with E-state index in [0.717, 1.165) is 10.6 Å². The van der Waals surface area contributed by atoms with Crippen molar-refractivity contribution in [2.75, 3.05) is 7.05 Å². The average Bonchev–Trinajstić information content (AvgIpc) is 2.67. The molecular weight excluding hydrogens is 262 g/mol. The molecule has 96 valence electrons. The number of halogens is 1. The van der Waals surface area contributed by atoms with Crippen molar-refractivity contribution < 1.29 is 0 Å². The summed E-state index contributed by atoms with van der Waals surface area (Å²) in [4.78, 5) is 1.19. The van der Waals surface area contributed by atoms with Crippen molar-refractivity contribution in [2.24, 2.45) is 0 Å². The Kier molecular flexibility index (Phi) is 4.10. The fourth-order valence-corrected chi connectivity index (χ4v) is 3.48. The number of hydrogen-bond donors (Lipinski definition) is 1. The van der Waals surface area contributed by atoms with E-state index in [1.54, 1.807) is 11.3 Å². The van der Waals surface area contributed by atoms with Crippen LogP contribution in [-0.2, 0) is 0 Å². The molecule has 0 fully saturated rings. The fourth-order valence-electron chi connectivity index (χ4n) is 2.04. The lowest BCUT2D eigenvalue weighted by molar-refractivity contribution is 0.703. The molecular formula is C15H18ClNS. The Bertz CT molecular complexity index is 560. The zero-order valence-corrected chi connectivity index (χ0v) is 12.7. The topological polar surface area (TPSA) is 12.0 Å². The molecule has 3 heteroatoms. The molecule has 0 saturated heterocycles. The normalized spacial score (nSPS) is 12.7. The highest BCUT2D eigenvalue weighted by Gasteiger charge is 2.18. The van der Waals surface area contributed by atoms with Crippen LogP contribution in [0.4, 0.5) is 0 Å². The van der Waals surface area contributed by atoms with E-state index in [1.165, 1.54) is 21.6 Å². The molecule has 1 aromatic carbocycles. The van der Waals surface area contributed by atoms with Gasteiger partial charge in [0.25, 0.3) is 0 Å². The third-order valence-electron chi connectivity index (χ3n) is 3.34. The predicted molar refractivity (Wildman–Crippen MR) is 80.9 cm³/mol. The molecule has 1 aromatic heterocycles. The second kappa shape index (κ2) is 5.43. The van der Waals surface area contributed by atoms with Crippen LogP contribution >= 0.6 is 22.9 Å². The highest BCUT2D eigenvalue weighted by molar-refractivity contribution is 7.10. The van der Waals surface area contributed by atoms with Crippen LogP contribution in [0, 0.1) is 20.8 Å². The lowest BCUT2D eigenvalue weighted by Crippen LogP contribution is -2.17. The van der Waals surface area contributed by atoms with Gasteiger partial charge in [0.15, 0.2) is 0 Å². The molecule has 1 nitrogen and oxygen atoms in total. The standard InChI is InChI=1S/C15H18ClNS/c1-9-5-6-12(7-10(9)2)14(17-4)15-13(16)11(3)8-18-15/h5-8,14,17H,1-4H3. The molecule has 2 rings (SSSR count). The third kappa shape index (κ3) is 2.46. The molecule has 0 aliphatic rings. The zero-order chi connectivity index (χ0) is 13.3. The van der Waals surface area contributed by atoms with Crippen LogP contribution in [0.15, 0.2) is 23.6 Å². The van der Waals surface area contributed by atoms with E-state index in [4.69, 9.17) is 11.6 Å². The largest absolute Gasteiger partial charge is 0.309 e. The number of rotatable bonds is 3. The van der Waals surface area contributed by atoms with Crippen LogP contribution in [0.3, 0.4) is 0 Å². The van der Waals surface area contributed by atoms with Gasteiger partial charge in [-0.3, -0.25) is 0 Å². The molecule has 2 aromatic rings. The Morgan fingerprint density at radius 2 is 1.83 bits per heavy atom. The van der Waals surface area contributed by atoms with Crippen molar-refractivity contribution >= 4 is 22.9 Å². The predicted octanol–water partition coefficient (Wildman–Crippen LogP) is 4.64. The Morgan fingerprint density at radius 1 is 1.11 bits per heavy atom. The van der Waals surface area contributed by atoms with E-state index >= 15 is 0 Å². The van der Waals surface area contributed by atoms with Gasteiger partial charge in [-0.05, 0) is 55.5 Å². The quantitative estimate of drug-likeness (QED) is 0.863. The minimum atomic E-state index is 0.176. The minimum Gasteiger partial charge on any atom is -0.309 e. The van der Waals surface area contributed by atoms with Crippen molar-refractivity contribution in [1.82, 2.24) is 5.32 Å². The number of nitrogens with one attached hydrogen (secondary N) is 1. The van der Waals surface area contributed by atoms with Gasteiger partial charge in [0.05, 0.1) is 11.1 Å². The van der Waals surface area contributed by atoms with E-state index in [-0.39, 0.29) is 6.04 Å². The molecule has 0 bridgehead atoms. The molecule has 0 saturated carbocycles. The maximum Gasteiger partial charge on any atom is 0.0683 e. The van der Waals surface area contributed by atoms with Crippen molar-refractivity contribution in [1.29, 1.82) is 0 Å². The molecule has 0 aliphatic heterocycles. The highest BCUT2D eigenvalue weighted by Crippen LogP contribution is 2.35. The molecule has 1 atom stereocenters. The van der Waals surface area contributed by atoms with Crippen LogP contribution in [0.2, 0.25) is 5.02 Å². The first-order chi connectivity index (χ1) is 8.54. The van der Waals surface area contributed by atoms with E-state index in [9.17, 15) is 0 Å². The Labute approximate surface area is 118 Å². The van der Waals surface area contributed by atoms with Crippen LogP contribution in [0.1, 0.15) is 33.2 Å². The fraction of sp³-hybridized carbons (Fsp3) is 0.333. The Hall–Kier alpha value is -0.830. The van der Waals surface area contributed by atoms with Crippen molar-refractivity contribution in [2.45, 2.75) is 26.8 Å². The van der Waals surface area contributed by atoms with Crippen molar-refractivity contribution in [3.05, 3.63) is 55.7 Å². The molecule has 18 heavy (non-hydrogen) atoms. The number of aryl methyl sites for hydroxylation is 3. The maximum absolute atomic E-state index is 6.37. The van der Waals surface area contributed by atoms with Crippen molar-refractivity contribution in [3.8, 4) is 0 Å². The highest BCUT2D eigenvalue weighted by atomic mass is 35.5. The smallest absolute Gasteiger partial charge is 0.0683 e. The van der Waals surface area contributed by atoms with E-state index in [2.05, 4.69) is 49.7 Å². The lowest BCUT2D eigenvalue weighted by Gasteiger charge is -2.17. The van der Waals surface area contributed by atoms with Gasteiger partial charge in [-0.2, -0.15) is 0 Å². The van der Waals surface area contributed by atoms with Gasteiger partial charge < -0.3 is 5.32 Å². The first kappa shape index (κ1) is 13.6. The van der Waals surface area contributed by atoms with Crippen LogP contribution in [0.25, 0.3) is 0 Å². The summed E-state index contributed by atoms with van der Waals surface area (Å²) >= 11 is 8.09. The molecule has 0 amide bonds. The summed E-state index contributed by atoms with van der Waals surface area (Å²) in [6.45, 7) is 6.33. The first-order valence-corrected chi connectivity index (χ1v) is 7.28. The monoisotopic (exact) mass is 279 g/mol. The molecule has 1 unspecified atom stereocenters. The number of benzene rings is 1. The van der Waals surface area contributed by atoms with E-state index < -0.39 is 0 Å². The second-order valence-electron chi connectivity index (χ2n) is 4.66. The van der Waals surface area contributed by atoms with Gasteiger partial charge in [0.2, 0.25) is 0 Å². The van der Waals surface area contributed by atoms with Crippen LogP contribution in [0.5, 0.6) is 0 Å². The maximum atomic E-state index is 6.37. The van der Waals surface area contributed by atoms with E-state index in [1.807, 2.05) is 7.05 Å². The number of hydrogen-bond acceptors (Lipinski definition) is 2. The number of thiophene rings is 1. The van der Waals surface area contributed by atoms with Gasteiger partial charge in [-0.25, -0.2) is 0 Å². The summed E-state index contributed by atoms with van der Waals surface area (Å²) in [5, 5.41) is 6.36. The van der Waals surface area contributed by atoms with E-state index in [0.29, 0.717) is 0 Å². The second-order valence-corrected chi connectivity index (χ2v) is 5.95. The SMILES string of the molecule is CNC(c1ccc(C)c(C)c1)c1scc(C)c1Cl. The van der Waals surface area contributed by atoms with Gasteiger partial charge in [-0.15, -0.1) is 11.3 Å². The molecule has 0 spiro atoms. The van der Waals surface area contributed by atoms with Gasteiger partial charge in [0, 0.05) is 4.88 Å². The Morgan fingerprint density at radius 3 is 2.33 bits per heavy atom. The van der Waals surface area contributed by atoms with Crippen molar-refractivity contribution in [3.63, 3.8) is 0 Å². The molecule has 0 aliphatic carbocycles. The molecule has 0 radical (unpaired) electrons.